The second-order valence-corrected chi connectivity index (χ2v) is 14.4. The van der Waals surface area contributed by atoms with E-state index < -0.39 is 0 Å². The van der Waals surface area contributed by atoms with E-state index in [0.29, 0.717) is 0 Å². The molecule has 0 bridgehead atoms. The summed E-state index contributed by atoms with van der Waals surface area (Å²) in [6.45, 7) is 0. The summed E-state index contributed by atoms with van der Waals surface area (Å²) in [7, 11) is 0. The largest absolute Gasteiger partial charge is 0.310 e. The summed E-state index contributed by atoms with van der Waals surface area (Å²) in [5, 5.41) is 2.49. The Morgan fingerprint density at radius 3 is 1.24 bits per heavy atom. The molecule has 54 heavy (non-hydrogen) atoms. The molecule has 0 fully saturated rings. The van der Waals surface area contributed by atoms with Crippen LogP contribution in [-0.4, -0.2) is 0 Å². The standard InChI is InChI=1S/C53H35N/c1-3-15-36(16-4-1)46-33-38-17-7-8-18-39(38)34-47(46)37-27-29-41(30-28-37)54(40-19-5-2-6-20-40)42-31-32-52-48(35-42)45-23-11-14-26-51(45)53(52)49-24-12-9-21-43(49)44-22-10-13-25-50(44)53/h1-35H. The first-order valence-electron chi connectivity index (χ1n) is 18.8. The van der Waals surface area contributed by atoms with Crippen LogP contribution in [0.1, 0.15) is 22.3 Å². The smallest absolute Gasteiger partial charge is 0.0725 e. The van der Waals surface area contributed by atoms with E-state index in [1.807, 2.05) is 0 Å². The Bertz CT molecular complexity index is 2820. The van der Waals surface area contributed by atoms with Crippen LogP contribution in [0.5, 0.6) is 0 Å². The molecule has 0 heterocycles. The predicted octanol–water partition coefficient (Wildman–Crippen LogP) is 14.0. The number of hydrogen-bond donors (Lipinski definition) is 0. The van der Waals surface area contributed by atoms with Crippen LogP contribution in [0.3, 0.4) is 0 Å². The molecule has 1 nitrogen and oxygen atoms in total. The summed E-state index contributed by atoms with van der Waals surface area (Å²) < 4.78 is 0. The van der Waals surface area contributed by atoms with Crippen LogP contribution in [0, 0.1) is 0 Å². The van der Waals surface area contributed by atoms with Gasteiger partial charge in [0.25, 0.3) is 0 Å². The highest BCUT2D eigenvalue weighted by Gasteiger charge is 2.51. The highest BCUT2D eigenvalue weighted by atomic mass is 15.1. The van der Waals surface area contributed by atoms with E-state index in [1.54, 1.807) is 0 Å². The third-order valence-corrected chi connectivity index (χ3v) is 11.7. The van der Waals surface area contributed by atoms with Crippen molar-refractivity contribution in [3.63, 3.8) is 0 Å². The number of fused-ring (bicyclic) bond motifs is 11. The highest BCUT2D eigenvalue weighted by molar-refractivity contribution is 5.98. The maximum Gasteiger partial charge on any atom is 0.0725 e. The molecule has 1 spiro atoms. The fourth-order valence-corrected chi connectivity index (χ4v) is 9.38. The van der Waals surface area contributed by atoms with Gasteiger partial charge in [0, 0.05) is 17.1 Å². The molecule has 9 aromatic carbocycles. The molecule has 0 amide bonds. The van der Waals surface area contributed by atoms with E-state index in [1.165, 1.54) is 77.5 Å². The van der Waals surface area contributed by atoms with E-state index in [4.69, 9.17) is 0 Å². The summed E-state index contributed by atoms with van der Waals surface area (Å²) in [4.78, 5) is 2.40. The summed E-state index contributed by atoms with van der Waals surface area (Å²) in [5.41, 5.74) is 18.6. The number of nitrogens with zero attached hydrogens (tertiary/aromatic N) is 1. The van der Waals surface area contributed by atoms with Crippen molar-refractivity contribution in [1.29, 1.82) is 0 Å². The van der Waals surface area contributed by atoms with Crippen molar-refractivity contribution in [2.24, 2.45) is 0 Å². The second kappa shape index (κ2) is 12.0. The summed E-state index contributed by atoms with van der Waals surface area (Å²) in [5.74, 6) is 0. The lowest BCUT2D eigenvalue weighted by Crippen LogP contribution is -2.25. The summed E-state index contributed by atoms with van der Waals surface area (Å²) in [6.07, 6.45) is 0. The second-order valence-electron chi connectivity index (χ2n) is 14.4. The normalized spacial score (nSPS) is 13.0. The quantitative estimate of drug-likeness (QED) is 0.174. The zero-order valence-electron chi connectivity index (χ0n) is 29.7. The first-order valence-corrected chi connectivity index (χ1v) is 18.8. The van der Waals surface area contributed by atoms with E-state index in [0.717, 1.165) is 17.1 Å². The van der Waals surface area contributed by atoms with Crippen LogP contribution in [0.4, 0.5) is 17.1 Å². The van der Waals surface area contributed by atoms with E-state index in [9.17, 15) is 0 Å². The average molecular weight is 686 g/mol. The van der Waals surface area contributed by atoms with Gasteiger partial charge in [-0.1, -0.05) is 164 Å². The van der Waals surface area contributed by atoms with E-state index in [2.05, 4.69) is 217 Å². The highest BCUT2D eigenvalue weighted by Crippen LogP contribution is 2.63. The number of benzene rings is 9. The van der Waals surface area contributed by atoms with Crippen molar-refractivity contribution < 1.29 is 0 Å². The average Bonchev–Trinajstić information content (AvgIpc) is 3.71. The van der Waals surface area contributed by atoms with E-state index >= 15 is 0 Å². The maximum absolute atomic E-state index is 2.42. The van der Waals surface area contributed by atoms with Crippen molar-refractivity contribution in [3.8, 4) is 44.5 Å². The molecule has 0 saturated carbocycles. The molecule has 0 aromatic heterocycles. The van der Waals surface area contributed by atoms with Gasteiger partial charge in [-0.25, -0.2) is 0 Å². The number of hydrogen-bond acceptors (Lipinski definition) is 1. The number of para-hydroxylation sites is 1. The Morgan fingerprint density at radius 2 is 0.667 bits per heavy atom. The molecule has 11 rings (SSSR count). The van der Waals surface area contributed by atoms with Crippen LogP contribution in [0.25, 0.3) is 55.3 Å². The lowest BCUT2D eigenvalue weighted by atomic mass is 9.70. The summed E-state index contributed by atoms with van der Waals surface area (Å²) >= 11 is 0. The van der Waals surface area contributed by atoms with Crippen LogP contribution in [0.2, 0.25) is 0 Å². The fraction of sp³-hybridized carbons (Fsp3) is 0.0189. The molecular formula is C53H35N. The van der Waals surface area contributed by atoms with Crippen molar-refractivity contribution in [3.05, 3.63) is 235 Å². The molecule has 0 radical (unpaired) electrons. The first-order chi connectivity index (χ1) is 26.8. The van der Waals surface area contributed by atoms with Crippen LogP contribution >= 0.6 is 0 Å². The molecule has 1 heteroatoms. The van der Waals surface area contributed by atoms with Gasteiger partial charge in [0.2, 0.25) is 0 Å². The third-order valence-electron chi connectivity index (χ3n) is 11.7. The van der Waals surface area contributed by atoms with Gasteiger partial charge in [0.1, 0.15) is 0 Å². The van der Waals surface area contributed by atoms with Gasteiger partial charge in [-0.15, -0.1) is 0 Å². The van der Waals surface area contributed by atoms with Crippen molar-refractivity contribution in [2.45, 2.75) is 5.41 Å². The van der Waals surface area contributed by atoms with Crippen molar-refractivity contribution >= 4 is 27.8 Å². The minimum Gasteiger partial charge on any atom is -0.310 e. The number of rotatable bonds is 5. The molecular weight excluding hydrogens is 651 g/mol. The zero-order chi connectivity index (χ0) is 35.6. The zero-order valence-corrected chi connectivity index (χ0v) is 29.7. The lowest BCUT2D eigenvalue weighted by molar-refractivity contribution is 0.794. The molecule has 252 valence electrons. The maximum atomic E-state index is 2.42. The van der Waals surface area contributed by atoms with Crippen molar-refractivity contribution in [2.75, 3.05) is 4.90 Å². The molecule has 9 aromatic rings. The van der Waals surface area contributed by atoms with Gasteiger partial charge >= 0.3 is 0 Å². The van der Waals surface area contributed by atoms with Crippen LogP contribution in [0.15, 0.2) is 212 Å². The minimum absolute atomic E-state index is 0.354. The van der Waals surface area contributed by atoms with Gasteiger partial charge in [-0.3, -0.25) is 0 Å². The van der Waals surface area contributed by atoms with Gasteiger partial charge in [0.05, 0.1) is 5.41 Å². The Hall–Kier alpha value is -6.96. The lowest BCUT2D eigenvalue weighted by Gasteiger charge is -2.31. The monoisotopic (exact) mass is 685 g/mol. The molecule has 2 aliphatic carbocycles. The van der Waals surface area contributed by atoms with Gasteiger partial charge < -0.3 is 4.90 Å². The Labute approximate surface area is 316 Å². The van der Waals surface area contributed by atoms with E-state index in [-0.39, 0.29) is 5.41 Å². The fourth-order valence-electron chi connectivity index (χ4n) is 9.38. The predicted molar refractivity (Wildman–Crippen MR) is 226 cm³/mol. The Kier molecular flexibility index (Phi) is 6.84. The van der Waals surface area contributed by atoms with Gasteiger partial charge in [-0.2, -0.15) is 0 Å². The molecule has 0 unspecified atom stereocenters. The van der Waals surface area contributed by atoms with Crippen molar-refractivity contribution in [1.82, 2.24) is 0 Å². The third kappa shape index (κ3) is 4.45. The SMILES string of the molecule is c1ccc(-c2cc3ccccc3cc2-c2ccc(N(c3ccccc3)c3ccc4c(c3)-c3ccccc3C43c4ccccc4-c4ccccc43)cc2)cc1. The first kappa shape index (κ1) is 30.6. The summed E-state index contributed by atoms with van der Waals surface area (Å²) in [6, 6.07) is 78.1. The molecule has 0 atom stereocenters. The minimum atomic E-state index is -0.354. The molecule has 0 N–H and O–H groups in total. The Morgan fingerprint density at radius 1 is 0.259 bits per heavy atom. The topological polar surface area (TPSA) is 3.24 Å². The van der Waals surface area contributed by atoms with Gasteiger partial charge in [0.15, 0.2) is 0 Å². The number of anilines is 3. The molecule has 0 aliphatic heterocycles. The van der Waals surface area contributed by atoms with Crippen LogP contribution in [-0.2, 0) is 5.41 Å². The van der Waals surface area contributed by atoms with Crippen LogP contribution < -0.4 is 4.90 Å². The molecule has 0 saturated heterocycles. The van der Waals surface area contributed by atoms with Gasteiger partial charge in [-0.05, 0) is 126 Å². The Balaban J connectivity index is 1.07. The molecule has 2 aliphatic rings.